The summed E-state index contributed by atoms with van der Waals surface area (Å²) in [6.45, 7) is 6.18. The molecule has 3 heteroatoms. The molecule has 3 N–H and O–H groups in total. The highest BCUT2D eigenvalue weighted by atomic mass is 16.5. The average molecular weight is 249 g/mol. The molecule has 0 aliphatic heterocycles. The second-order valence-corrected chi connectivity index (χ2v) is 6.16. The summed E-state index contributed by atoms with van der Waals surface area (Å²) in [5.74, 6) is 0.825. The maximum Gasteiger partial charge on any atom is 0.120 e. The van der Waals surface area contributed by atoms with Crippen LogP contribution in [0.25, 0.3) is 0 Å². The van der Waals surface area contributed by atoms with Crippen LogP contribution in [0.3, 0.4) is 0 Å². The van der Waals surface area contributed by atoms with E-state index in [-0.39, 0.29) is 12.0 Å². The molecule has 1 aromatic rings. The number of nitrogens with two attached hydrogens (primary N) is 1. The topological polar surface area (TPSA) is 55.5 Å². The molecule has 2 rings (SSSR count). The highest BCUT2D eigenvalue weighted by Crippen LogP contribution is 2.40. The summed E-state index contributed by atoms with van der Waals surface area (Å²) >= 11 is 0. The Kier molecular flexibility index (Phi) is 3.39. The molecule has 0 heterocycles. The molecule has 1 aliphatic rings. The van der Waals surface area contributed by atoms with E-state index in [0.717, 1.165) is 24.2 Å². The number of benzene rings is 1. The summed E-state index contributed by atoms with van der Waals surface area (Å²) in [6.07, 6.45) is 2.62. The normalized spacial score (nSPS) is 19.4. The Morgan fingerprint density at radius 3 is 2.50 bits per heavy atom. The summed E-state index contributed by atoms with van der Waals surface area (Å²) in [5.41, 5.74) is 5.28. The zero-order chi connectivity index (χ0) is 13.4. The van der Waals surface area contributed by atoms with Gasteiger partial charge in [0.1, 0.15) is 11.4 Å². The van der Waals surface area contributed by atoms with Crippen LogP contribution in [0.5, 0.6) is 5.75 Å². The predicted molar refractivity (Wildman–Crippen MR) is 72.5 cm³/mol. The largest absolute Gasteiger partial charge is 0.490 e. The molecule has 0 aromatic heterocycles. The van der Waals surface area contributed by atoms with Gasteiger partial charge in [0.2, 0.25) is 0 Å². The number of hydrogen-bond donors (Lipinski definition) is 2. The van der Waals surface area contributed by atoms with Gasteiger partial charge >= 0.3 is 0 Å². The quantitative estimate of drug-likeness (QED) is 0.861. The van der Waals surface area contributed by atoms with Crippen LogP contribution in [0, 0.1) is 5.41 Å². The Morgan fingerprint density at radius 2 is 2.00 bits per heavy atom. The second-order valence-electron chi connectivity index (χ2n) is 6.16. The molecule has 1 aliphatic carbocycles. The fourth-order valence-electron chi connectivity index (χ4n) is 2.06. The highest BCUT2D eigenvalue weighted by molar-refractivity contribution is 5.34. The van der Waals surface area contributed by atoms with Crippen LogP contribution in [-0.4, -0.2) is 17.8 Å². The van der Waals surface area contributed by atoms with Crippen LogP contribution in [-0.2, 0) is 5.60 Å². The van der Waals surface area contributed by atoms with Crippen molar-refractivity contribution in [2.45, 2.75) is 45.3 Å². The summed E-state index contributed by atoms with van der Waals surface area (Å²) in [7, 11) is 0. The number of ether oxygens (including phenoxy) is 1. The van der Waals surface area contributed by atoms with Gasteiger partial charge in [-0.15, -0.1) is 0 Å². The van der Waals surface area contributed by atoms with E-state index in [1.54, 1.807) is 0 Å². The van der Waals surface area contributed by atoms with Gasteiger partial charge in [0.25, 0.3) is 0 Å². The minimum atomic E-state index is -1.03. The second kappa shape index (κ2) is 4.56. The van der Waals surface area contributed by atoms with E-state index >= 15 is 0 Å². The van der Waals surface area contributed by atoms with Crippen molar-refractivity contribution < 1.29 is 9.84 Å². The lowest BCUT2D eigenvalue weighted by atomic mass is 9.72. The van der Waals surface area contributed by atoms with Crippen molar-refractivity contribution in [1.29, 1.82) is 0 Å². The van der Waals surface area contributed by atoms with Crippen LogP contribution in [0.15, 0.2) is 24.3 Å². The third kappa shape index (κ3) is 2.52. The van der Waals surface area contributed by atoms with Crippen molar-refractivity contribution >= 4 is 0 Å². The Bertz CT molecular complexity index is 421. The summed E-state index contributed by atoms with van der Waals surface area (Å²) in [4.78, 5) is 0. The smallest absolute Gasteiger partial charge is 0.120 e. The minimum absolute atomic E-state index is 0.198. The fourth-order valence-corrected chi connectivity index (χ4v) is 2.06. The van der Waals surface area contributed by atoms with Gasteiger partial charge in [-0.2, -0.15) is 0 Å². The first-order valence-corrected chi connectivity index (χ1v) is 6.56. The number of rotatable bonds is 4. The molecule has 1 fully saturated rings. The molecule has 1 saturated carbocycles. The Balaban J connectivity index is 2.30. The van der Waals surface area contributed by atoms with E-state index in [1.807, 2.05) is 45.0 Å². The third-order valence-corrected chi connectivity index (χ3v) is 3.67. The van der Waals surface area contributed by atoms with Crippen molar-refractivity contribution in [3.8, 4) is 5.75 Å². The maximum absolute atomic E-state index is 10.8. The predicted octanol–water partition coefficient (Wildman–Crippen LogP) is 2.42. The first-order valence-electron chi connectivity index (χ1n) is 6.56. The van der Waals surface area contributed by atoms with Crippen LogP contribution in [0.4, 0.5) is 0 Å². The first-order chi connectivity index (χ1) is 8.37. The van der Waals surface area contributed by atoms with Crippen molar-refractivity contribution in [2.24, 2.45) is 11.1 Å². The van der Waals surface area contributed by atoms with Gasteiger partial charge in [0.15, 0.2) is 0 Å². The lowest BCUT2D eigenvalue weighted by molar-refractivity contribution is -0.0558. The van der Waals surface area contributed by atoms with E-state index in [9.17, 15) is 5.11 Å². The minimum Gasteiger partial charge on any atom is -0.490 e. The molecule has 3 nitrogen and oxygen atoms in total. The molecule has 0 amide bonds. The monoisotopic (exact) mass is 249 g/mol. The van der Waals surface area contributed by atoms with E-state index in [4.69, 9.17) is 10.5 Å². The van der Waals surface area contributed by atoms with Crippen molar-refractivity contribution in [3.63, 3.8) is 0 Å². The van der Waals surface area contributed by atoms with E-state index < -0.39 is 5.60 Å². The highest BCUT2D eigenvalue weighted by Gasteiger charge is 2.40. The van der Waals surface area contributed by atoms with Crippen LogP contribution >= 0.6 is 0 Å². The molecule has 1 aromatic carbocycles. The van der Waals surface area contributed by atoms with Crippen LogP contribution < -0.4 is 10.5 Å². The molecular formula is C15H23NO2. The first kappa shape index (κ1) is 13.4. The van der Waals surface area contributed by atoms with Gasteiger partial charge in [-0.3, -0.25) is 0 Å². The zero-order valence-corrected chi connectivity index (χ0v) is 11.4. The van der Waals surface area contributed by atoms with E-state index in [1.165, 1.54) is 0 Å². The van der Waals surface area contributed by atoms with Crippen LogP contribution in [0.2, 0.25) is 0 Å². The van der Waals surface area contributed by atoms with Gasteiger partial charge in [-0.1, -0.05) is 32.9 Å². The Labute approximate surface area is 109 Å². The standard InChI is InChI=1S/C15H23NO2/c1-14(2,3)15(17,10-16)11-5-4-6-13(9-11)18-12-7-8-12/h4-6,9,12,17H,7-8,10,16H2,1-3H3. The van der Waals surface area contributed by atoms with Gasteiger partial charge in [0.05, 0.1) is 6.10 Å². The number of hydrogen-bond acceptors (Lipinski definition) is 3. The van der Waals surface area contributed by atoms with Gasteiger partial charge in [-0.05, 0) is 36.0 Å². The van der Waals surface area contributed by atoms with E-state index in [0.29, 0.717) is 6.10 Å². The summed E-state index contributed by atoms with van der Waals surface area (Å²) in [5, 5.41) is 10.8. The number of aliphatic hydroxyl groups is 1. The molecule has 0 bridgehead atoms. The van der Waals surface area contributed by atoms with Gasteiger partial charge in [-0.25, -0.2) is 0 Å². The van der Waals surface area contributed by atoms with Gasteiger partial charge in [0, 0.05) is 6.54 Å². The Morgan fingerprint density at radius 1 is 1.33 bits per heavy atom. The van der Waals surface area contributed by atoms with Crippen molar-refractivity contribution in [1.82, 2.24) is 0 Å². The Hall–Kier alpha value is -1.06. The molecular weight excluding hydrogens is 226 g/mol. The molecule has 0 spiro atoms. The lowest BCUT2D eigenvalue weighted by Crippen LogP contribution is -2.46. The lowest BCUT2D eigenvalue weighted by Gasteiger charge is -2.40. The molecule has 1 unspecified atom stereocenters. The summed E-state index contributed by atoms with van der Waals surface area (Å²) in [6, 6.07) is 7.68. The SMILES string of the molecule is CC(C)(C)C(O)(CN)c1cccc(OC2CC2)c1. The molecule has 0 saturated heterocycles. The molecule has 100 valence electrons. The summed E-state index contributed by atoms with van der Waals surface area (Å²) < 4.78 is 5.77. The zero-order valence-electron chi connectivity index (χ0n) is 11.4. The molecule has 18 heavy (non-hydrogen) atoms. The molecule has 1 atom stereocenters. The fraction of sp³-hybridized carbons (Fsp3) is 0.600. The van der Waals surface area contributed by atoms with Gasteiger partial charge < -0.3 is 15.6 Å². The van der Waals surface area contributed by atoms with Crippen molar-refractivity contribution in [2.75, 3.05) is 6.54 Å². The average Bonchev–Trinajstić information content (AvgIpc) is 3.10. The van der Waals surface area contributed by atoms with Crippen molar-refractivity contribution in [3.05, 3.63) is 29.8 Å². The maximum atomic E-state index is 10.8. The van der Waals surface area contributed by atoms with Crippen LogP contribution in [0.1, 0.15) is 39.2 Å². The van der Waals surface area contributed by atoms with E-state index in [2.05, 4.69) is 0 Å². The molecule has 0 radical (unpaired) electrons. The third-order valence-electron chi connectivity index (χ3n) is 3.67.